The Kier molecular flexibility index (Phi) is 26.8. The summed E-state index contributed by atoms with van der Waals surface area (Å²) in [5.41, 5.74) is 9.28. The molecule has 480 valence electrons. The lowest BCUT2D eigenvalue weighted by Gasteiger charge is -2.42. The van der Waals surface area contributed by atoms with Crippen LogP contribution in [0.25, 0.3) is 0 Å². The number of nitrogens with one attached hydrogen (secondary N) is 1. The van der Waals surface area contributed by atoms with Gasteiger partial charge < -0.3 is 79.2 Å². The summed E-state index contributed by atoms with van der Waals surface area (Å²) >= 11 is 0. The third-order valence-electron chi connectivity index (χ3n) is 15.0. The molecular formula is C64H92N6O17. The van der Waals surface area contributed by atoms with Crippen molar-refractivity contribution in [1.29, 1.82) is 0 Å². The van der Waals surface area contributed by atoms with Crippen molar-refractivity contribution in [3.8, 4) is 11.5 Å². The first-order valence-corrected chi connectivity index (χ1v) is 29.1. The number of anilines is 2. The molecule has 10 atom stereocenters. The van der Waals surface area contributed by atoms with Crippen LogP contribution in [0, 0.1) is 17.8 Å². The number of carboxylic acid groups (broad SMARTS) is 1. The van der Waals surface area contributed by atoms with E-state index in [2.05, 4.69) is 31.3 Å². The summed E-state index contributed by atoms with van der Waals surface area (Å²) in [6.07, 6.45) is -9.91. The number of ether oxygens (including phenoxy) is 8. The molecule has 4 aromatic rings. The second-order valence-electron chi connectivity index (χ2n) is 24.1. The van der Waals surface area contributed by atoms with E-state index in [1.54, 1.807) is 24.0 Å². The van der Waals surface area contributed by atoms with E-state index in [0.717, 1.165) is 17.5 Å². The van der Waals surface area contributed by atoms with Crippen LogP contribution in [0.15, 0.2) is 97.1 Å². The Bertz CT molecular complexity index is 2840. The number of carboxylic acids is 1. The number of aliphatic hydroxyl groups is 3. The van der Waals surface area contributed by atoms with E-state index in [1.807, 2.05) is 127 Å². The molecule has 4 aromatic carbocycles. The third kappa shape index (κ3) is 22.3. The molecule has 0 bridgehead atoms. The number of hydrogen-bond acceptors (Lipinski definition) is 19. The molecule has 0 saturated carbocycles. The minimum absolute atomic E-state index is 0.00196. The summed E-state index contributed by atoms with van der Waals surface area (Å²) in [7, 11) is 7.69. The topological polar surface area (TPSA) is 291 Å². The number of aliphatic carboxylic acids is 1. The Hall–Kier alpha value is -6.93. The highest BCUT2D eigenvalue weighted by Gasteiger charge is 2.48. The van der Waals surface area contributed by atoms with E-state index in [-0.39, 0.29) is 61.6 Å². The second-order valence-corrected chi connectivity index (χ2v) is 24.1. The van der Waals surface area contributed by atoms with E-state index >= 15 is 0 Å². The number of nitrogen functional groups attached to an aromatic ring is 1. The van der Waals surface area contributed by atoms with Crippen molar-refractivity contribution < 1.29 is 82.3 Å². The molecule has 0 aliphatic carbocycles. The highest BCUT2D eigenvalue weighted by Crippen LogP contribution is 2.38. The van der Waals surface area contributed by atoms with E-state index in [0.29, 0.717) is 49.6 Å². The van der Waals surface area contributed by atoms with Crippen LogP contribution in [0.1, 0.15) is 84.6 Å². The summed E-state index contributed by atoms with van der Waals surface area (Å²) in [6.45, 7) is 19.0. The number of amides is 3. The third-order valence-corrected chi connectivity index (χ3v) is 15.0. The Balaban J connectivity index is 0.000000318. The fourth-order valence-corrected chi connectivity index (χ4v) is 9.56. The Morgan fingerprint density at radius 3 is 1.47 bits per heavy atom. The van der Waals surface area contributed by atoms with Crippen molar-refractivity contribution in [1.82, 2.24) is 19.6 Å². The molecule has 6 rings (SSSR count). The second kappa shape index (κ2) is 32.9. The Morgan fingerprint density at radius 2 is 1.02 bits per heavy atom. The largest absolute Gasteiger partial charge is 0.479 e. The summed E-state index contributed by atoms with van der Waals surface area (Å²) < 4.78 is 46.6. The molecule has 23 heteroatoms. The molecule has 2 aliphatic rings. The number of carbonyl (C=O) groups excluding carboxylic acids is 4. The number of nitrogens with two attached hydrogens (primary N) is 1. The van der Waals surface area contributed by atoms with E-state index in [9.17, 15) is 44.4 Å². The molecule has 87 heavy (non-hydrogen) atoms. The normalized spacial score (nSPS) is 22.1. The predicted octanol–water partition coefficient (Wildman–Crippen LogP) is 6.78. The Morgan fingerprint density at radius 1 is 0.563 bits per heavy atom. The SMILES string of the molecule is CC(=O)C1OC(Oc2ccc(COC(=O)N(CCN(C)C)COC(C)(C)Cc3ccccc3)cc2N)[C@@H](C)[C@@H](C)C1C.CC(=O)Nc1cc(COC(=O)N(CCN(C)C)COC(C)(C)Cc2ccccc2)ccc1OC1OC(C(=O)O)C(O)[C@H](O)[C@@H]1O. The molecule has 2 saturated heterocycles. The van der Waals surface area contributed by atoms with Crippen LogP contribution in [0.2, 0.25) is 0 Å². The number of Topliss-reactive ketones (excluding diaryl/α,β-unsaturated/α-hetero) is 1. The highest BCUT2D eigenvalue weighted by atomic mass is 16.7. The predicted molar refractivity (Wildman–Crippen MR) is 325 cm³/mol. The first-order chi connectivity index (χ1) is 40.9. The molecule has 2 fully saturated rings. The van der Waals surface area contributed by atoms with Crippen LogP contribution in [0.4, 0.5) is 21.0 Å². The van der Waals surface area contributed by atoms with E-state index < -0.39 is 78.4 Å². The van der Waals surface area contributed by atoms with Crippen LogP contribution in [0.5, 0.6) is 11.5 Å². The van der Waals surface area contributed by atoms with Gasteiger partial charge in [0.05, 0.1) is 22.6 Å². The number of ketones is 1. The number of likely N-dealkylation sites (N-methyl/N-ethyl adjacent to an activating group) is 2. The number of rotatable bonds is 27. The first kappa shape index (κ1) is 70.8. The van der Waals surface area contributed by atoms with Gasteiger partial charge in [-0.25, -0.2) is 14.4 Å². The number of carbonyl (C=O) groups is 5. The van der Waals surface area contributed by atoms with Crippen LogP contribution in [0.3, 0.4) is 0 Å². The Labute approximate surface area is 511 Å². The van der Waals surface area contributed by atoms with Gasteiger partial charge in [-0.1, -0.05) is 93.6 Å². The maximum absolute atomic E-state index is 13.2. The molecule has 0 spiro atoms. The lowest BCUT2D eigenvalue weighted by atomic mass is 9.78. The maximum atomic E-state index is 13.2. The van der Waals surface area contributed by atoms with Crippen LogP contribution in [-0.4, -0.2) is 192 Å². The zero-order chi connectivity index (χ0) is 64.3. The molecule has 0 radical (unpaired) electrons. The smallest absolute Gasteiger partial charge is 0.411 e. The average molecular weight is 1220 g/mol. The molecule has 2 aliphatic heterocycles. The van der Waals surface area contributed by atoms with Gasteiger partial charge in [0, 0.05) is 51.9 Å². The van der Waals surface area contributed by atoms with E-state index in [1.165, 1.54) is 35.6 Å². The van der Waals surface area contributed by atoms with Crippen molar-refractivity contribution in [2.75, 3.05) is 78.9 Å². The monoisotopic (exact) mass is 1220 g/mol. The van der Waals surface area contributed by atoms with Gasteiger partial charge in [-0.3, -0.25) is 19.4 Å². The zero-order valence-corrected chi connectivity index (χ0v) is 52.5. The molecule has 3 amide bonds. The first-order valence-electron chi connectivity index (χ1n) is 29.1. The van der Waals surface area contributed by atoms with Crippen molar-refractivity contribution >= 4 is 41.2 Å². The minimum atomic E-state index is -1.89. The highest BCUT2D eigenvalue weighted by molar-refractivity contribution is 5.90. The number of hydrogen-bond donors (Lipinski definition) is 6. The number of benzene rings is 4. The van der Waals surface area contributed by atoms with E-state index in [4.69, 9.17) is 43.6 Å². The van der Waals surface area contributed by atoms with Crippen molar-refractivity contribution in [2.24, 2.45) is 17.8 Å². The minimum Gasteiger partial charge on any atom is -0.479 e. The van der Waals surface area contributed by atoms with Gasteiger partial charge in [0.15, 0.2) is 11.9 Å². The van der Waals surface area contributed by atoms with Gasteiger partial charge in [-0.15, -0.1) is 0 Å². The molecule has 2 heterocycles. The maximum Gasteiger partial charge on any atom is 0.411 e. The van der Waals surface area contributed by atoms with Gasteiger partial charge in [-0.2, -0.15) is 0 Å². The van der Waals surface area contributed by atoms with Gasteiger partial charge in [0.2, 0.25) is 18.5 Å². The van der Waals surface area contributed by atoms with Gasteiger partial charge >= 0.3 is 18.2 Å². The summed E-state index contributed by atoms with van der Waals surface area (Å²) in [6, 6.07) is 29.7. The fraction of sp³-hybridized carbons (Fsp3) is 0.547. The van der Waals surface area contributed by atoms with Gasteiger partial charge in [0.25, 0.3) is 0 Å². The zero-order valence-electron chi connectivity index (χ0n) is 52.5. The lowest BCUT2D eigenvalue weighted by Crippen LogP contribution is -2.61. The number of nitrogens with zero attached hydrogens (tertiary/aromatic N) is 4. The molecular weight excluding hydrogens is 1120 g/mol. The van der Waals surface area contributed by atoms with Crippen LogP contribution >= 0.6 is 0 Å². The van der Waals surface area contributed by atoms with Crippen molar-refractivity contribution in [3.05, 3.63) is 119 Å². The summed E-state index contributed by atoms with van der Waals surface area (Å²) in [4.78, 5) is 68.7. The molecule has 23 nitrogen and oxygen atoms in total. The lowest BCUT2D eigenvalue weighted by molar-refractivity contribution is -0.271. The van der Waals surface area contributed by atoms with Crippen molar-refractivity contribution in [3.63, 3.8) is 0 Å². The molecule has 6 unspecified atom stereocenters. The average Bonchev–Trinajstić information content (AvgIpc) is 2.30. The summed E-state index contributed by atoms with van der Waals surface area (Å²) in [5, 5.41) is 42.2. The number of aliphatic hydroxyl groups excluding tert-OH is 3. The van der Waals surface area contributed by atoms with Crippen molar-refractivity contribution in [2.45, 2.75) is 143 Å². The summed E-state index contributed by atoms with van der Waals surface area (Å²) in [5.74, 6) is -1.20. The fourth-order valence-electron chi connectivity index (χ4n) is 9.56. The molecule has 7 N–H and O–H groups in total. The standard InChI is InChI=1S/C33H49N3O6.C31H43N3O11/c1-22-23(2)30(25(4)37)42-31(24(22)3)41-29-15-14-27(18-28(29)34)20-39-32(38)36(17-16-35(7)8)21-40-33(5,6)19-26-12-10-9-11-13-26;1-19(35)32-22-15-21(11-12-23(22)44-29-26(38)24(36)25(37)27(45-29)28(39)40)17-42-30(41)34(14-13-33(4)5)18-43-31(2,3)16-20-9-7-6-8-10-20/h9-15,18,22-24,30-31H,16-17,19-21,34H2,1-8H3;6-12,15,24-27,29,36-38H,13-14,16-18H2,1-5H3,(H,32,35)(H,39,40)/t22-,23?,24-,30?,31?;24-,25?,26-,27?,29?/m00/s1. The molecule has 0 aromatic heterocycles. The van der Waals surface area contributed by atoms with Crippen LogP contribution < -0.4 is 20.5 Å². The van der Waals surface area contributed by atoms with Gasteiger partial charge in [-0.05, 0) is 121 Å². The quantitative estimate of drug-likeness (QED) is 0.0265. The van der Waals surface area contributed by atoms with Gasteiger partial charge in [0.1, 0.15) is 62.6 Å². The van der Waals surface area contributed by atoms with Crippen LogP contribution in [-0.2, 0) is 68.9 Å².